The van der Waals surface area contributed by atoms with Gasteiger partial charge in [-0.2, -0.15) is 10.4 Å². The van der Waals surface area contributed by atoms with E-state index in [4.69, 9.17) is 9.84 Å². The van der Waals surface area contributed by atoms with Crippen molar-refractivity contribution in [2.24, 2.45) is 0 Å². The highest BCUT2D eigenvalue weighted by Gasteiger charge is 2.35. The van der Waals surface area contributed by atoms with E-state index in [1.54, 1.807) is 36.0 Å². The van der Waals surface area contributed by atoms with Gasteiger partial charge in [0, 0.05) is 29.4 Å². The molecular formula is C35H31FN4O3. The summed E-state index contributed by atoms with van der Waals surface area (Å²) in [6.07, 6.45) is 5.58. The largest absolute Gasteiger partial charge is 0.491 e. The molecule has 1 aromatic heterocycles. The summed E-state index contributed by atoms with van der Waals surface area (Å²) in [4.78, 5) is 28.1. The molecule has 0 saturated carbocycles. The van der Waals surface area contributed by atoms with Crippen molar-refractivity contribution in [1.29, 1.82) is 5.26 Å². The molecule has 0 unspecified atom stereocenters. The summed E-state index contributed by atoms with van der Waals surface area (Å²) < 4.78 is 22.4. The highest BCUT2D eigenvalue weighted by Crippen LogP contribution is 2.33. The number of benzene rings is 3. The number of amides is 2. The van der Waals surface area contributed by atoms with Crippen molar-refractivity contribution in [2.45, 2.75) is 33.1 Å². The number of hydrogen-bond acceptors (Lipinski definition) is 5. The molecule has 7 nitrogen and oxygen atoms in total. The van der Waals surface area contributed by atoms with Crippen molar-refractivity contribution in [3.63, 3.8) is 0 Å². The second-order valence-corrected chi connectivity index (χ2v) is 10.2. The SMILES string of the molecule is CCCCOc1ccc(-c2nn(-c3ccccc3)cc2/C=C2/C(=O)N(CCc3ccccc3)C(=O)C(C#N)=C2C)cc1F. The first-order valence-corrected chi connectivity index (χ1v) is 14.2. The summed E-state index contributed by atoms with van der Waals surface area (Å²) in [5.74, 6) is -1.47. The Bertz CT molecular complexity index is 1750. The van der Waals surface area contributed by atoms with Crippen LogP contribution in [0.15, 0.2) is 102 Å². The van der Waals surface area contributed by atoms with Crippen molar-refractivity contribution in [2.75, 3.05) is 13.2 Å². The third-order valence-electron chi connectivity index (χ3n) is 7.32. The molecule has 0 N–H and O–H groups in total. The van der Waals surface area contributed by atoms with E-state index in [1.807, 2.05) is 73.7 Å². The van der Waals surface area contributed by atoms with Crippen molar-refractivity contribution >= 4 is 17.9 Å². The first kappa shape index (κ1) is 29.2. The lowest BCUT2D eigenvalue weighted by Crippen LogP contribution is -2.43. The standard InChI is InChI=1S/C35H31FN4O3/c1-3-4-19-43-32-16-15-26(21-31(32)36)33-27(23-40(38-33)28-13-9-6-10-14-28)20-29-24(2)30(22-37)35(42)39(34(29)41)18-17-25-11-7-5-8-12-25/h5-16,20-21,23H,3-4,17-19H2,1-2H3/b29-20+. The lowest BCUT2D eigenvalue weighted by atomic mass is 9.93. The molecule has 0 atom stereocenters. The summed E-state index contributed by atoms with van der Waals surface area (Å²) in [5.41, 5.74) is 3.60. The van der Waals surface area contributed by atoms with Gasteiger partial charge in [0.15, 0.2) is 11.6 Å². The maximum atomic E-state index is 15.1. The van der Waals surface area contributed by atoms with Crippen LogP contribution in [0.2, 0.25) is 0 Å². The second kappa shape index (κ2) is 13.1. The van der Waals surface area contributed by atoms with Gasteiger partial charge < -0.3 is 4.74 Å². The van der Waals surface area contributed by atoms with Crippen LogP contribution >= 0.6 is 0 Å². The molecule has 2 heterocycles. The van der Waals surface area contributed by atoms with E-state index < -0.39 is 17.6 Å². The number of rotatable bonds is 10. The number of para-hydroxylation sites is 1. The van der Waals surface area contributed by atoms with E-state index >= 15 is 4.39 Å². The molecule has 8 heteroatoms. The highest BCUT2D eigenvalue weighted by atomic mass is 19.1. The van der Waals surface area contributed by atoms with Crippen LogP contribution in [0.1, 0.15) is 37.8 Å². The summed E-state index contributed by atoms with van der Waals surface area (Å²) in [6, 6.07) is 25.6. The van der Waals surface area contributed by atoms with Gasteiger partial charge in [0.05, 0.1) is 12.3 Å². The van der Waals surface area contributed by atoms with Gasteiger partial charge in [0.1, 0.15) is 17.3 Å². The number of nitriles is 1. The minimum atomic E-state index is -0.612. The van der Waals surface area contributed by atoms with E-state index in [9.17, 15) is 14.9 Å². The van der Waals surface area contributed by atoms with Crippen molar-refractivity contribution in [3.05, 3.63) is 119 Å². The number of imide groups is 1. The molecule has 0 aliphatic carbocycles. The third kappa shape index (κ3) is 6.31. The fourth-order valence-corrected chi connectivity index (χ4v) is 4.90. The number of ether oxygens (including phenoxy) is 1. The maximum Gasteiger partial charge on any atom is 0.271 e. The first-order valence-electron chi connectivity index (χ1n) is 14.2. The minimum Gasteiger partial charge on any atom is -0.491 e. The predicted molar refractivity (Wildman–Crippen MR) is 163 cm³/mol. The Kier molecular flexibility index (Phi) is 8.92. The summed E-state index contributed by atoms with van der Waals surface area (Å²) in [6.45, 7) is 4.17. The smallest absolute Gasteiger partial charge is 0.271 e. The van der Waals surface area contributed by atoms with Crippen LogP contribution in [0, 0.1) is 17.1 Å². The number of halogens is 1. The molecule has 4 aromatic rings. The summed E-state index contributed by atoms with van der Waals surface area (Å²) in [5, 5.41) is 14.6. The molecule has 0 fully saturated rings. The quantitative estimate of drug-likeness (QED) is 0.120. The molecule has 216 valence electrons. The Labute approximate surface area is 250 Å². The number of carbonyl (C=O) groups excluding carboxylic acids is 2. The average Bonchev–Trinajstić information content (AvgIpc) is 3.45. The maximum absolute atomic E-state index is 15.1. The van der Waals surface area contributed by atoms with Gasteiger partial charge in [-0.05, 0) is 67.3 Å². The lowest BCUT2D eigenvalue weighted by Gasteiger charge is -2.27. The van der Waals surface area contributed by atoms with Crippen LogP contribution in [-0.4, -0.2) is 39.6 Å². The van der Waals surface area contributed by atoms with Gasteiger partial charge in [-0.25, -0.2) is 9.07 Å². The first-order chi connectivity index (χ1) is 20.9. The van der Waals surface area contributed by atoms with Crippen molar-refractivity contribution in [1.82, 2.24) is 14.7 Å². The van der Waals surface area contributed by atoms with E-state index in [2.05, 4.69) is 0 Å². The Morgan fingerprint density at radius 2 is 1.72 bits per heavy atom. The molecular weight excluding hydrogens is 543 g/mol. The minimum absolute atomic E-state index is 0.0875. The highest BCUT2D eigenvalue weighted by molar-refractivity contribution is 6.19. The van der Waals surface area contributed by atoms with Crippen LogP contribution in [0.25, 0.3) is 23.0 Å². The van der Waals surface area contributed by atoms with Crippen LogP contribution < -0.4 is 4.74 Å². The summed E-state index contributed by atoms with van der Waals surface area (Å²) in [7, 11) is 0. The Balaban J connectivity index is 1.57. The molecule has 0 spiro atoms. The molecule has 1 aliphatic heterocycles. The van der Waals surface area contributed by atoms with Crippen molar-refractivity contribution in [3.8, 4) is 28.8 Å². The molecule has 3 aromatic carbocycles. The van der Waals surface area contributed by atoms with E-state index in [0.29, 0.717) is 29.8 Å². The molecule has 0 saturated heterocycles. The lowest BCUT2D eigenvalue weighted by molar-refractivity contribution is -0.140. The second-order valence-electron chi connectivity index (χ2n) is 10.2. The molecule has 2 amide bonds. The zero-order valence-corrected chi connectivity index (χ0v) is 24.1. The monoisotopic (exact) mass is 574 g/mol. The van der Waals surface area contributed by atoms with Gasteiger partial charge in [0.25, 0.3) is 11.8 Å². The Morgan fingerprint density at radius 3 is 2.40 bits per heavy atom. The van der Waals surface area contributed by atoms with E-state index in [-0.39, 0.29) is 29.0 Å². The predicted octanol–water partition coefficient (Wildman–Crippen LogP) is 6.69. The number of unbranched alkanes of at least 4 members (excludes halogenated alkanes) is 1. The Morgan fingerprint density at radius 1 is 1.00 bits per heavy atom. The third-order valence-corrected chi connectivity index (χ3v) is 7.32. The molecule has 0 radical (unpaired) electrons. The van der Waals surface area contributed by atoms with Gasteiger partial charge in [-0.3, -0.25) is 14.5 Å². The van der Waals surface area contributed by atoms with Crippen LogP contribution in [0.5, 0.6) is 5.75 Å². The number of nitrogens with zero attached hydrogens (tertiary/aromatic N) is 4. The van der Waals surface area contributed by atoms with Gasteiger partial charge in [0.2, 0.25) is 0 Å². The van der Waals surface area contributed by atoms with Crippen molar-refractivity contribution < 1.29 is 18.7 Å². The van der Waals surface area contributed by atoms with E-state index in [0.717, 1.165) is 29.0 Å². The van der Waals surface area contributed by atoms with Gasteiger partial charge >= 0.3 is 0 Å². The van der Waals surface area contributed by atoms with Gasteiger partial charge in [-0.15, -0.1) is 0 Å². The fraction of sp³-hybridized carbons (Fsp3) is 0.200. The number of carbonyl (C=O) groups is 2. The van der Waals surface area contributed by atoms with Crippen LogP contribution in [0.4, 0.5) is 4.39 Å². The number of hydrogen-bond donors (Lipinski definition) is 0. The molecule has 43 heavy (non-hydrogen) atoms. The van der Waals surface area contributed by atoms with Crippen LogP contribution in [-0.2, 0) is 16.0 Å². The average molecular weight is 575 g/mol. The number of aromatic nitrogens is 2. The van der Waals surface area contributed by atoms with Crippen LogP contribution in [0.3, 0.4) is 0 Å². The van der Waals surface area contributed by atoms with E-state index in [1.165, 1.54) is 6.07 Å². The summed E-state index contributed by atoms with van der Waals surface area (Å²) >= 11 is 0. The Hall–Kier alpha value is -5.29. The zero-order valence-electron chi connectivity index (χ0n) is 24.1. The molecule has 1 aliphatic rings. The normalized spacial score (nSPS) is 14.4. The van der Waals surface area contributed by atoms with Gasteiger partial charge in [-0.1, -0.05) is 61.9 Å². The molecule has 5 rings (SSSR count). The molecule has 0 bridgehead atoms. The zero-order chi connectivity index (χ0) is 30.3. The topological polar surface area (TPSA) is 88.2 Å². The fourth-order valence-electron chi connectivity index (χ4n) is 4.90.